The molecular weight excluding hydrogens is 226 g/mol. The Kier molecular flexibility index (Phi) is 5.48. The van der Waals surface area contributed by atoms with Crippen molar-refractivity contribution >= 4 is 5.97 Å². The molecule has 2 rings (SSSR count). The molecule has 3 heteroatoms. The monoisotopic (exact) mass is 253 g/mol. The highest BCUT2D eigenvalue weighted by Gasteiger charge is 2.32. The first-order valence-electron chi connectivity index (χ1n) is 7.71. The topological polar surface area (TPSA) is 49.3 Å². The molecule has 0 bridgehead atoms. The lowest BCUT2D eigenvalue weighted by Crippen LogP contribution is -2.30. The summed E-state index contributed by atoms with van der Waals surface area (Å²) in [6.45, 7) is 1.98. The van der Waals surface area contributed by atoms with Gasteiger partial charge in [0.05, 0.1) is 5.92 Å². The minimum absolute atomic E-state index is 0.0906. The second kappa shape index (κ2) is 7.13. The summed E-state index contributed by atoms with van der Waals surface area (Å²) in [7, 11) is 0. The molecule has 0 aromatic heterocycles. The van der Waals surface area contributed by atoms with Crippen LogP contribution < -0.4 is 5.32 Å². The zero-order chi connectivity index (χ0) is 12.8. The first-order valence-corrected chi connectivity index (χ1v) is 7.71. The predicted molar refractivity (Wildman–Crippen MR) is 72.5 cm³/mol. The van der Waals surface area contributed by atoms with Gasteiger partial charge in [0, 0.05) is 0 Å². The first-order chi connectivity index (χ1) is 8.77. The average molecular weight is 253 g/mol. The highest BCUT2D eigenvalue weighted by atomic mass is 16.4. The Morgan fingerprint density at radius 1 is 1.06 bits per heavy atom. The standard InChI is InChI=1S/C15H27NO2/c17-15(18)14-8-4-7-13(14)11-16-10-9-12-5-2-1-3-6-12/h12-14,16H,1-11H2,(H,17,18). The number of aliphatic carboxylic acids is 1. The summed E-state index contributed by atoms with van der Waals surface area (Å²) in [5, 5.41) is 12.6. The fourth-order valence-electron chi connectivity index (χ4n) is 3.68. The molecule has 2 saturated carbocycles. The smallest absolute Gasteiger partial charge is 0.306 e. The van der Waals surface area contributed by atoms with Crippen molar-refractivity contribution < 1.29 is 9.90 Å². The Hall–Kier alpha value is -0.570. The van der Waals surface area contributed by atoms with Crippen LogP contribution in [0.2, 0.25) is 0 Å². The van der Waals surface area contributed by atoms with Crippen molar-refractivity contribution in [1.29, 1.82) is 0 Å². The third-order valence-corrected chi connectivity index (χ3v) is 4.84. The van der Waals surface area contributed by atoms with Crippen molar-refractivity contribution in [3.8, 4) is 0 Å². The van der Waals surface area contributed by atoms with Crippen molar-refractivity contribution in [2.75, 3.05) is 13.1 Å². The van der Waals surface area contributed by atoms with Crippen LogP contribution >= 0.6 is 0 Å². The van der Waals surface area contributed by atoms with E-state index in [4.69, 9.17) is 5.11 Å². The molecule has 0 aromatic carbocycles. The third-order valence-electron chi connectivity index (χ3n) is 4.84. The molecule has 3 nitrogen and oxygen atoms in total. The predicted octanol–water partition coefficient (Wildman–Crippen LogP) is 3.05. The molecule has 0 radical (unpaired) electrons. The van der Waals surface area contributed by atoms with Crippen LogP contribution in [0.3, 0.4) is 0 Å². The average Bonchev–Trinajstić information content (AvgIpc) is 2.84. The molecule has 0 heterocycles. The Morgan fingerprint density at radius 2 is 1.83 bits per heavy atom. The molecule has 0 aromatic rings. The van der Waals surface area contributed by atoms with Gasteiger partial charge in [-0.3, -0.25) is 4.79 Å². The minimum Gasteiger partial charge on any atom is -0.481 e. The van der Waals surface area contributed by atoms with Gasteiger partial charge in [0.1, 0.15) is 0 Å². The zero-order valence-corrected chi connectivity index (χ0v) is 11.4. The lowest BCUT2D eigenvalue weighted by Gasteiger charge is -2.22. The van der Waals surface area contributed by atoms with Crippen molar-refractivity contribution in [2.24, 2.45) is 17.8 Å². The Bertz CT molecular complexity index is 261. The maximum atomic E-state index is 11.1. The number of hydrogen-bond donors (Lipinski definition) is 2. The van der Waals surface area contributed by atoms with Gasteiger partial charge < -0.3 is 10.4 Å². The summed E-state index contributed by atoms with van der Waals surface area (Å²) >= 11 is 0. The van der Waals surface area contributed by atoms with E-state index in [-0.39, 0.29) is 5.92 Å². The molecule has 2 N–H and O–H groups in total. The van der Waals surface area contributed by atoms with Crippen LogP contribution in [0.4, 0.5) is 0 Å². The molecule has 2 aliphatic carbocycles. The molecule has 2 aliphatic rings. The number of rotatable bonds is 6. The van der Waals surface area contributed by atoms with Crippen LogP contribution in [0, 0.1) is 17.8 Å². The third kappa shape index (κ3) is 3.98. The maximum Gasteiger partial charge on any atom is 0.306 e. The number of carbonyl (C=O) groups is 1. The summed E-state index contributed by atoms with van der Waals surface area (Å²) in [5.74, 6) is 0.609. The molecule has 0 saturated heterocycles. The van der Waals surface area contributed by atoms with Gasteiger partial charge in [-0.15, -0.1) is 0 Å². The van der Waals surface area contributed by atoms with Crippen molar-refractivity contribution in [3.05, 3.63) is 0 Å². The molecule has 104 valence electrons. The van der Waals surface area contributed by atoms with Crippen molar-refractivity contribution in [2.45, 2.75) is 57.8 Å². The van der Waals surface area contributed by atoms with E-state index in [1.54, 1.807) is 0 Å². The summed E-state index contributed by atoms with van der Waals surface area (Å²) < 4.78 is 0. The van der Waals surface area contributed by atoms with Crippen LogP contribution in [0.25, 0.3) is 0 Å². The molecule has 18 heavy (non-hydrogen) atoms. The molecule has 2 fully saturated rings. The molecule has 2 unspecified atom stereocenters. The molecule has 0 amide bonds. The van der Waals surface area contributed by atoms with Crippen molar-refractivity contribution in [3.63, 3.8) is 0 Å². The SMILES string of the molecule is O=C(O)C1CCCC1CNCCC1CCCCC1. The second-order valence-electron chi connectivity index (χ2n) is 6.13. The lowest BCUT2D eigenvalue weighted by molar-refractivity contribution is -0.142. The van der Waals surface area contributed by atoms with Gasteiger partial charge in [-0.05, 0) is 44.2 Å². The van der Waals surface area contributed by atoms with Crippen LogP contribution in [-0.2, 0) is 4.79 Å². The van der Waals surface area contributed by atoms with Gasteiger partial charge in [0.25, 0.3) is 0 Å². The second-order valence-corrected chi connectivity index (χ2v) is 6.13. The van der Waals surface area contributed by atoms with Gasteiger partial charge in [-0.2, -0.15) is 0 Å². The molecule has 0 spiro atoms. The summed E-state index contributed by atoms with van der Waals surface area (Å²) in [6, 6.07) is 0. The van der Waals surface area contributed by atoms with E-state index in [1.807, 2.05) is 0 Å². The summed E-state index contributed by atoms with van der Waals surface area (Å²) in [6.07, 6.45) is 11.4. The quantitative estimate of drug-likeness (QED) is 0.715. The Labute approximate surface area is 110 Å². The van der Waals surface area contributed by atoms with E-state index >= 15 is 0 Å². The summed E-state index contributed by atoms with van der Waals surface area (Å²) in [5.41, 5.74) is 0. The number of hydrogen-bond acceptors (Lipinski definition) is 2. The zero-order valence-electron chi connectivity index (χ0n) is 11.4. The minimum atomic E-state index is -0.591. The molecule has 0 aliphatic heterocycles. The fourth-order valence-corrected chi connectivity index (χ4v) is 3.68. The molecular formula is C15H27NO2. The van der Waals surface area contributed by atoms with E-state index in [0.717, 1.165) is 38.3 Å². The largest absolute Gasteiger partial charge is 0.481 e. The summed E-state index contributed by atoms with van der Waals surface area (Å²) in [4.78, 5) is 11.1. The van der Waals surface area contributed by atoms with E-state index in [1.165, 1.54) is 38.5 Å². The number of carboxylic acid groups (broad SMARTS) is 1. The van der Waals surface area contributed by atoms with Gasteiger partial charge >= 0.3 is 5.97 Å². The van der Waals surface area contributed by atoms with Gasteiger partial charge in [-0.25, -0.2) is 0 Å². The fraction of sp³-hybridized carbons (Fsp3) is 0.933. The van der Waals surface area contributed by atoms with E-state index in [9.17, 15) is 4.79 Å². The molecule has 2 atom stereocenters. The first kappa shape index (κ1) is 13.9. The highest BCUT2D eigenvalue weighted by molar-refractivity contribution is 5.70. The lowest BCUT2D eigenvalue weighted by atomic mass is 9.87. The van der Waals surface area contributed by atoms with E-state index in [2.05, 4.69) is 5.32 Å². The Balaban J connectivity index is 1.58. The Morgan fingerprint density at radius 3 is 2.56 bits per heavy atom. The van der Waals surface area contributed by atoms with Gasteiger partial charge in [0.15, 0.2) is 0 Å². The number of carboxylic acids is 1. The maximum absolute atomic E-state index is 11.1. The van der Waals surface area contributed by atoms with Crippen molar-refractivity contribution in [1.82, 2.24) is 5.32 Å². The van der Waals surface area contributed by atoms with Crippen LogP contribution in [-0.4, -0.2) is 24.2 Å². The highest BCUT2D eigenvalue weighted by Crippen LogP contribution is 2.31. The van der Waals surface area contributed by atoms with Crippen LogP contribution in [0.15, 0.2) is 0 Å². The van der Waals surface area contributed by atoms with E-state index < -0.39 is 5.97 Å². The number of nitrogens with one attached hydrogen (secondary N) is 1. The normalized spacial score (nSPS) is 29.6. The van der Waals surface area contributed by atoms with Gasteiger partial charge in [-0.1, -0.05) is 38.5 Å². The van der Waals surface area contributed by atoms with E-state index in [0.29, 0.717) is 5.92 Å². The van der Waals surface area contributed by atoms with Crippen LogP contribution in [0.5, 0.6) is 0 Å². The van der Waals surface area contributed by atoms with Gasteiger partial charge in [0.2, 0.25) is 0 Å². The van der Waals surface area contributed by atoms with Crippen LogP contribution in [0.1, 0.15) is 57.8 Å².